The van der Waals surface area contributed by atoms with E-state index in [1.165, 1.54) is 5.56 Å². The predicted molar refractivity (Wildman–Crippen MR) is 91.4 cm³/mol. The molecule has 2 heterocycles. The van der Waals surface area contributed by atoms with E-state index >= 15 is 0 Å². The van der Waals surface area contributed by atoms with Gasteiger partial charge in [0.2, 0.25) is 0 Å². The Bertz CT molecular complexity index is 782. The monoisotopic (exact) mass is 317 g/mol. The molecule has 3 rings (SSSR count). The molecule has 0 amide bonds. The summed E-state index contributed by atoms with van der Waals surface area (Å²) in [5.74, 6) is 1.64. The van der Waals surface area contributed by atoms with Gasteiger partial charge < -0.3 is 5.32 Å². The number of fused-ring (bicyclic) bond motifs is 1. The van der Waals surface area contributed by atoms with Crippen molar-refractivity contribution in [2.24, 2.45) is 0 Å². The summed E-state index contributed by atoms with van der Waals surface area (Å²) in [6.45, 7) is 5.03. The van der Waals surface area contributed by atoms with Gasteiger partial charge in [-0.1, -0.05) is 18.5 Å². The molecule has 3 nitrogen and oxygen atoms in total. The first kappa shape index (κ1) is 14.3. The Morgan fingerprint density at radius 1 is 1.19 bits per heavy atom. The van der Waals surface area contributed by atoms with E-state index in [0.29, 0.717) is 5.02 Å². The number of halogens is 1. The molecule has 0 unspecified atom stereocenters. The third-order valence-corrected chi connectivity index (χ3v) is 4.52. The minimum Gasteiger partial charge on any atom is -0.370 e. The Kier molecular flexibility index (Phi) is 4.08. The summed E-state index contributed by atoms with van der Waals surface area (Å²) in [7, 11) is 0. The highest BCUT2D eigenvalue weighted by atomic mass is 35.5. The molecule has 0 spiro atoms. The second-order valence-corrected chi connectivity index (χ2v) is 6.07. The fourth-order valence-corrected chi connectivity index (χ4v) is 3.41. The number of nitrogens with zero attached hydrogens (tertiary/aromatic N) is 2. The fourth-order valence-electron chi connectivity index (χ4n) is 2.32. The van der Waals surface area contributed by atoms with Crippen LogP contribution in [-0.2, 0) is 6.42 Å². The number of thiophene rings is 1. The van der Waals surface area contributed by atoms with Gasteiger partial charge in [-0.3, -0.25) is 0 Å². The van der Waals surface area contributed by atoms with Crippen molar-refractivity contribution in [3.8, 4) is 10.7 Å². The summed E-state index contributed by atoms with van der Waals surface area (Å²) in [4.78, 5) is 10.6. The van der Waals surface area contributed by atoms with Crippen LogP contribution in [0, 0.1) is 0 Å². The van der Waals surface area contributed by atoms with Crippen LogP contribution >= 0.6 is 22.9 Å². The zero-order chi connectivity index (χ0) is 14.8. The van der Waals surface area contributed by atoms with E-state index in [0.717, 1.165) is 40.4 Å². The summed E-state index contributed by atoms with van der Waals surface area (Å²) >= 11 is 7.79. The molecule has 0 radical (unpaired) electrons. The van der Waals surface area contributed by atoms with Crippen molar-refractivity contribution in [1.82, 2.24) is 9.97 Å². The van der Waals surface area contributed by atoms with Gasteiger partial charge in [0, 0.05) is 17.0 Å². The largest absolute Gasteiger partial charge is 0.370 e. The van der Waals surface area contributed by atoms with Crippen LogP contribution < -0.4 is 5.32 Å². The van der Waals surface area contributed by atoms with Crippen molar-refractivity contribution < 1.29 is 0 Å². The van der Waals surface area contributed by atoms with Gasteiger partial charge in [-0.2, -0.15) is 0 Å². The molecule has 0 aliphatic rings. The quantitative estimate of drug-likeness (QED) is 0.735. The normalized spacial score (nSPS) is 11.0. The van der Waals surface area contributed by atoms with E-state index < -0.39 is 0 Å². The highest BCUT2D eigenvalue weighted by Crippen LogP contribution is 2.31. The van der Waals surface area contributed by atoms with E-state index in [9.17, 15) is 0 Å². The van der Waals surface area contributed by atoms with Crippen molar-refractivity contribution in [2.75, 3.05) is 11.9 Å². The van der Waals surface area contributed by atoms with Crippen LogP contribution in [0.25, 0.3) is 21.6 Å². The van der Waals surface area contributed by atoms with Gasteiger partial charge in [0.25, 0.3) is 0 Å². The molecule has 1 N–H and O–H groups in total. The van der Waals surface area contributed by atoms with Crippen LogP contribution in [0.2, 0.25) is 5.02 Å². The molecular formula is C16H16ClN3S. The Hall–Kier alpha value is -1.65. The summed E-state index contributed by atoms with van der Waals surface area (Å²) in [5.41, 5.74) is 2.16. The lowest BCUT2D eigenvalue weighted by Gasteiger charge is -2.10. The van der Waals surface area contributed by atoms with E-state index in [1.54, 1.807) is 11.3 Å². The maximum Gasteiger partial charge on any atom is 0.172 e. The number of hydrogen-bond donors (Lipinski definition) is 1. The Labute approximate surface area is 133 Å². The Morgan fingerprint density at radius 2 is 2.05 bits per heavy atom. The van der Waals surface area contributed by atoms with Crippen molar-refractivity contribution in [2.45, 2.75) is 20.3 Å². The average Bonchev–Trinajstić information content (AvgIpc) is 2.95. The lowest BCUT2D eigenvalue weighted by atomic mass is 10.2. The van der Waals surface area contributed by atoms with Crippen LogP contribution in [-0.4, -0.2) is 16.5 Å². The molecule has 21 heavy (non-hydrogen) atoms. The van der Waals surface area contributed by atoms with E-state index in [4.69, 9.17) is 21.6 Å². The first-order chi connectivity index (χ1) is 10.2. The maximum absolute atomic E-state index is 6.11. The molecule has 0 aliphatic carbocycles. The highest BCUT2D eigenvalue weighted by molar-refractivity contribution is 7.13. The van der Waals surface area contributed by atoms with Crippen LogP contribution in [0.15, 0.2) is 29.6 Å². The molecule has 0 fully saturated rings. The average molecular weight is 318 g/mol. The van der Waals surface area contributed by atoms with Crippen LogP contribution in [0.3, 0.4) is 0 Å². The van der Waals surface area contributed by atoms with Gasteiger partial charge in [-0.15, -0.1) is 11.3 Å². The van der Waals surface area contributed by atoms with Gasteiger partial charge in [0.1, 0.15) is 5.82 Å². The number of anilines is 1. The van der Waals surface area contributed by atoms with Gasteiger partial charge in [-0.05, 0) is 48.6 Å². The Balaban J connectivity index is 2.24. The van der Waals surface area contributed by atoms with Crippen LogP contribution in [0.5, 0.6) is 0 Å². The molecule has 5 heteroatoms. The number of hydrogen-bond acceptors (Lipinski definition) is 4. The maximum atomic E-state index is 6.11. The molecule has 0 bridgehead atoms. The number of aromatic nitrogens is 2. The predicted octanol–water partition coefficient (Wildman–Crippen LogP) is 5.01. The SMILES string of the molecule is CCNc1nc(-c2sccc2CC)nc2cc(Cl)ccc12. The standard InChI is InChI=1S/C16H16ClN3S/c1-3-10-7-8-21-14(10)16-19-13-9-11(17)5-6-12(13)15(20-16)18-4-2/h5-9H,3-4H2,1-2H3,(H,18,19,20). The molecule has 0 atom stereocenters. The molecular weight excluding hydrogens is 302 g/mol. The molecule has 1 aromatic carbocycles. The van der Waals surface area contributed by atoms with Crippen molar-refractivity contribution in [3.05, 3.63) is 40.2 Å². The molecule has 3 aromatic rings. The van der Waals surface area contributed by atoms with Crippen LogP contribution in [0.1, 0.15) is 19.4 Å². The van der Waals surface area contributed by atoms with Crippen molar-refractivity contribution >= 4 is 39.7 Å². The lowest BCUT2D eigenvalue weighted by Crippen LogP contribution is -2.03. The third-order valence-electron chi connectivity index (χ3n) is 3.33. The summed E-state index contributed by atoms with van der Waals surface area (Å²) in [6, 6.07) is 7.87. The summed E-state index contributed by atoms with van der Waals surface area (Å²) in [5, 5.41) is 7.10. The topological polar surface area (TPSA) is 37.8 Å². The van der Waals surface area contributed by atoms with Crippen molar-refractivity contribution in [3.63, 3.8) is 0 Å². The van der Waals surface area contributed by atoms with E-state index in [2.05, 4.69) is 30.6 Å². The molecule has 0 saturated heterocycles. The van der Waals surface area contributed by atoms with Crippen LogP contribution in [0.4, 0.5) is 5.82 Å². The lowest BCUT2D eigenvalue weighted by molar-refractivity contribution is 1.12. The zero-order valence-corrected chi connectivity index (χ0v) is 13.6. The molecule has 108 valence electrons. The fraction of sp³-hybridized carbons (Fsp3) is 0.250. The first-order valence-corrected chi connectivity index (χ1v) is 8.26. The Morgan fingerprint density at radius 3 is 2.81 bits per heavy atom. The third kappa shape index (κ3) is 2.74. The minimum absolute atomic E-state index is 0.691. The summed E-state index contributed by atoms with van der Waals surface area (Å²) < 4.78 is 0. The second kappa shape index (κ2) is 6.00. The number of rotatable bonds is 4. The van der Waals surface area contributed by atoms with Gasteiger partial charge in [0.15, 0.2) is 5.82 Å². The minimum atomic E-state index is 0.691. The van der Waals surface area contributed by atoms with Gasteiger partial charge >= 0.3 is 0 Å². The second-order valence-electron chi connectivity index (χ2n) is 4.72. The summed E-state index contributed by atoms with van der Waals surface area (Å²) in [6.07, 6.45) is 0.978. The van der Waals surface area contributed by atoms with Gasteiger partial charge in [0.05, 0.1) is 10.4 Å². The zero-order valence-electron chi connectivity index (χ0n) is 12.0. The highest BCUT2D eigenvalue weighted by Gasteiger charge is 2.13. The smallest absolute Gasteiger partial charge is 0.172 e. The molecule has 2 aromatic heterocycles. The first-order valence-electron chi connectivity index (χ1n) is 7.00. The number of nitrogens with one attached hydrogen (secondary N) is 1. The van der Waals surface area contributed by atoms with Crippen molar-refractivity contribution in [1.29, 1.82) is 0 Å². The molecule has 0 saturated carbocycles. The van der Waals surface area contributed by atoms with E-state index in [-0.39, 0.29) is 0 Å². The number of aryl methyl sites for hydroxylation is 1. The number of benzene rings is 1. The molecule has 0 aliphatic heterocycles. The van der Waals surface area contributed by atoms with E-state index in [1.807, 2.05) is 18.2 Å². The van der Waals surface area contributed by atoms with Gasteiger partial charge in [-0.25, -0.2) is 9.97 Å².